The summed E-state index contributed by atoms with van der Waals surface area (Å²) in [5.74, 6) is 1.68. The Morgan fingerprint density at radius 3 is 1.68 bits per heavy atom. The quantitative estimate of drug-likeness (QED) is 0.742. The molecular weight excluding hydrogens is 252 g/mol. The zero-order chi connectivity index (χ0) is 13.5. The fraction of sp³-hybridized carbons (Fsp3) is 0.125. The lowest BCUT2D eigenvalue weighted by Gasteiger charge is -2.20. The van der Waals surface area contributed by atoms with E-state index in [0.717, 1.165) is 23.1 Å². The molecule has 98 valence electrons. The van der Waals surface area contributed by atoms with E-state index in [4.69, 9.17) is 8.85 Å². The summed E-state index contributed by atoms with van der Waals surface area (Å²) in [4.78, 5) is 0. The van der Waals surface area contributed by atoms with E-state index in [9.17, 15) is 0 Å². The topological polar surface area (TPSA) is 18.5 Å². The van der Waals surface area contributed by atoms with Gasteiger partial charge in [0.25, 0.3) is 0 Å². The molecule has 0 atom stereocenters. The van der Waals surface area contributed by atoms with Crippen LogP contribution in [0, 0.1) is 0 Å². The standard InChI is InChI=1S/C16H18O2Si/c1-3-14(2)19(17-15-10-6-4-7-11-15)18-16-12-8-5-9-13-16/h4-13,19H,2-3H2,1H3. The highest BCUT2D eigenvalue weighted by atomic mass is 28.3. The predicted octanol–water partition coefficient (Wildman–Crippen LogP) is 3.87. The van der Waals surface area contributed by atoms with Gasteiger partial charge in [0.05, 0.1) is 0 Å². The highest BCUT2D eigenvalue weighted by Crippen LogP contribution is 2.18. The summed E-state index contributed by atoms with van der Waals surface area (Å²) in [5.41, 5.74) is 0. The molecule has 0 amide bonds. The van der Waals surface area contributed by atoms with E-state index in [0.29, 0.717) is 0 Å². The van der Waals surface area contributed by atoms with Crippen LogP contribution in [0.4, 0.5) is 0 Å². The second-order valence-corrected chi connectivity index (χ2v) is 6.16. The van der Waals surface area contributed by atoms with Crippen molar-refractivity contribution >= 4 is 9.28 Å². The van der Waals surface area contributed by atoms with Crippen molar-refractivity contribution in [3.05, 3.63) is 72.4 Å². The van der Waals surface area contributed by atoms with Gasteiger partial charge in [0.15, 0.2) is 0 Å². The van der Waals surface area contributed by atoms with E-state index in [-0.39, 0.29) is 0 Å². The summed E-state index contributed by atoms with van der Waals surface area (Å²) in [5, 5.41) is 1.05. The van der Waals surface area contributed by atoms with Crippen LogP contribution < -0.4 is 8.85 Å². The third-order valence-corrected chi connectivity index (χ3v) is 4.81. The number of benzene rings is 2. The summed E-state index contributed by atoms with van der Waals surface area (Å²) >= 11 is 0. The Morgan fingerprint density at radius 1 is 0.895 bits per heavy atom. The average Bonchev–Trinajstić information content (AvgIpc) is 2.48. The minimum Gasteiger partial charge on any atom is -0.511 e. The van der Waals surface area contributed by atoms with Crippen LogP contribution in [0.15, 0.2) is 72.4 Å². The van der Waals surface area contributed by atoms with E-state index in [1.807, 2.05) is 60.7 Å². The Labute approximate surface area is 116 Å². The molecule has 0 aromatic heterocycles. The third-order valence-electron chi connectivity index (χ3n) is 2.76. The first-order chi connectivity index (χ1) is 9.29. The Morgan fingerprint density at radius 2 is 1.32 bits per heavy atom. The first-order valence-corrected chi connectivity index (χ1v) is 7.92. The van der Waals surface area contributed by atoms with E-state index < -0.39 is 9.28 Å². The van der Waals surface area contributed by atoms with Crippen molar-refractivity contribution in [2.75, 3.05) is 0 Å². The first-order valence-electron chi connectivity index (χ1n) is 6.40. The number of rotatable bonds is 6. The van der Waals surface area contributed by atoms with Gasteiger partial charge in [-0.05, 0) is 35.9 Å². The molecular formula is C16H18O2Si. The first kappa shape index (κ1) is 13.4. The number of hydrogen-bond acceptors (Lipinski definition) is 2. The fourth-order valence-corrected chi connectivity index (χ4v) is 3.13. The minimum atomic E-state index is -1.98. The van der Waals surface area contributed by atoms with Crippen LogP contribution in [-0.4, -0.2) is 9.28 Å². The predicted molar refractivity (Wildman–Crippen MR) is 80.7 cm³/mol. The molecule has 0 saturated heterocycles. The average molecular weight is 270 g/mol. The van der Waals surface area contributed by atoms with Crippen LogP contribution in [-0.2, 0) is 0 Å². The maximum Gasteiger partial charge on any atom is 0.474 e. The largest absolute Gasteiger partial charge is 0.511 e. The van der Waals surface area contributed by atoms with Crippen molar-refractivity contribution in [1.82, 2.24) is 0 Å². The molecule has 3 heteroatoms. The zero-order valence-electron chi connectivity index (χ0n) is 11.1. The van der Waals surface area contributed by atoms with E-state index in [1.165, 1.54) is 0 Å². The lowest BCUT2D eigenvalue weighted by Crippen LogP contribution is -2.32. The highest BCUT2D eigenvalue weighted by Gasteiger charge is 2.20. The van der Waals surface area contributed by atoms with Crippen molar-refractivity contribution in [3.63, 3.8) is 0 Å². The van der Waals surface area contributed by atoms with E-state index in [2.05, 4.69) is 13.5 Å². The molecule has 0 spiro atoms. The van der Waals surface area contributed by atoms with Gasteiger partial charge in [0.1, 0.15) is 11.5 Å². The van der Waals surface area contributed by atoms with Gasteiger partial charge >= 0.3 is 9.28 Å². The molecule has 0 aliphatic carbocycles. The molecule has 2 aromatic carbocycles. The molecule has 0 aliphatic heterocycles. The number of hydrogen-bond donors (Lipinski definition) is 0. The number of para-hydroxylation sites is 2. The second kappa shape index (κ2) is 6.80. The van der Waals surface area contributed by atoms with Crippen LogP contribution in [0.3, 0.4) is 0 Å². The van der Waals surface area contributed by atoms with Crippen molar-refractivity contribution in [3.8, 4) is 11.5 Å². The van der Waals surface area contributed by atoms with Gasteiger partial charge in [0.2, 0.25) is 0 Å². The Kier molecular flexibility index (Phi) is 4.81. The normalized spacial score (nSPS) is 10.2. The van der Waals surface area contributed by atoms with Crippen molar-refractivity contribution in [1.29, 1.82) is 0 Å². The van der Waals surface area contributed by atoms with Gasteiger partial charge in [-0.25, -0.2) is 0 Å². The maximum atomic E-state index is 5.99. The molecule has 0 aliphatic rings. The molecule has 0 radical (unpaired) electrons. The molecule has 0 saturated carbocycles. The summed E-state index contributed by atoms with van der Waals surface area (Å²) in [6.45, 7) is 6.15. The van der Waals surface area contributed by atoms with Gasteiger partial charge in [-0.2, -0.15) is 0 Å². The molecule has 0 bridgehead atoms. The third kappa shape index (κ3) is 4.00. The van der Waals surface area contributed by atoms with Crippen molar-refractivity contribution in [2.45, 2.75) is 13.3 Å². The Balaban J connectivity index is 2.10. The summed E-state index contributed by atoms with van der Waals surface area (Å²) < 4.78 is 12.0. The van der Waals surface area contributed by atoms with Gasteiger partial charge in [-0.1, -0.05) is 49.9 Å². The van der Waals surface area contributed by atoms with Crippen LogP contribution in [0.5, 0.6) is 11.5 Å². The monoisotopic (exact) mass is 270 g/mol. The second-order valence-electron chi connectivity index (χ2n) is 4.21. The van der Waals surface area contributed by atoms with Gasteiger partial charge < -0.3 is 8.85 Å². The molecule has 2 rings (SSSR count). The van der Waals surface area contributed by atoms with Crippen LogP contribution in [0.1, 0.15) is 13.3 Å². The fourth-order valence-electron chi connectivity index (χ4n) is 1.60. The summed E-state index contributed by atoms with van der Waals surface area (Å²) in [6, 6.07) is 19.5. The SMILES string of the molecule is C=C(CC)[SiH](Oc1ccccc1)Oc1ccccc1. The van der Waals surface area contributed by atoms with Gasteiger partial charge in [-0.3, -0.25) is 0 Å². The minimum absolute atomic E-state index is 0.838. The molecule has 2 nitrogen and oxygen atoms in total. The van der Waals surface area contributed by atoms with Crippen molar-refractivity contribution in [2.24, 2.45) is 0 Å². The smallest absolute Gasteiger partial charge is 0.474 e. The maximum absolute atomic E-state index is 5.99. The summed E-state index contributed by atoms with van der Waals surface area (Å²) in [7, 11) is -1.98. The summed E-state index contributed by atoms with van der Waals surface area (Å²) in [6.07, 6.45) is 0.872. The number of allylic oxidation sites excluding steroid dienone is 1. The Bertz CT molecular complexity index is 469. The van der Waals surface area contributed by atoms with E-state index in [1.54, 1.807) is 0 Å². The van der Waals surface area contributed by atoms with Crippen molar-refractivity contribution < 1.29 is 8.85 Å². The van der Waals surface area contributed by atoms with Crippen LogP contribution >= 0.6 is 0 Å². The van der Waals surface area contributed by atoms with E-state index >= 15 is 0 Å². The molecule has 0 N–H and O–H groups in total. The lowest BCUT2D eigenvalue weighted by atomic mass is 10.3. The van der Waals surface area contributed by atoms with Crippen LogP contribution in [0.2, 0.25) is 0 Å². The molecule has 19 heavy (non-hydrogen) atoms. The molecule has 0 heterocycles. The lowest BCUT2D eigenvalue weighted by molar-refractivity contribution is 0.431. The zero-order valence-corrected chi connectivity index (χ0v) is 12.2. The molecule has 0 unspecified atom stereocenters. The van der Waals surface area contributed by atoms with Gasteiger partial charge in [0, 0.05) is 0 Å². The van der Waals surface area contributed by atoms with Crippen LogP contribution in [0.25, 0.3) is 0 Å². The Hall–Kier alpha value is -2.00. The molecule has 0 fully saturated rings. The molecule has 2 aromatic rings. The van der Waals surface area contributed by atoms with Gasteiger partial charge in [-0.15, -0.1) is 0 Å². The highest BCUT2D eigenvalue weighted by molar-refractivity contribution is 6.55.